The van der Waals surface area contributed by atoms with Gasteiger partial charge in [-0.2, -0.15) is 0 Å². The molecule has 3 rings (SSSR count). The third kappa shape index (κ3) is 1.67. The van der Waals surface area contributed by atoms with Gasteiger partial charge in [0.15, 0.2) is 0 Å². The second-order valence-electron chi connectivity index (χ2n) is 5.70. The standard InChI is InChI=1S/C16H22N2/c1-18-12-14(13-6-2-3-7-15(13)18)16(10-11-17)8-4-5-9-16/h2-3,6-7,12H,4-5,8-11,17H2,1H3. The maximum atomic E-state index is 5.87. The molecule has 0 unspecified atom stereocenters. The number of rotatable bonds is 3. The molecule has 1 heterocycles. The summed E-state index contributed by atoms with van der Waals surface area (Å²) in [6.45, 7) is 0.795. The fraction of sp³-hybridized carbons (Fsp3) is 0.500. The molecule has 18 heavy (non-hydrogen) atoms. The van der Waals surface area contributed by atoms with E-state index in [1.165, 1.54) is 42.1 Å². The van der Waals surface area contributed by atoms with Crippen molar-refractivity contribution in [2.45, 2.75) is 37.5 Å². The molecule has 2 heteroatoms. The molecule has 0 atom stereocenters. The molecule has 2 aromatic rings. The molecule has 1 fully saturated rings. The summed E-state index contributed by atoms with van der Waals surface area (Å²) in [6, 6.07) is 8.75. The minimum atomic E-state index is 0.343. The van der Waals surface area contributed by atoms with Crippen LogP contribution in [0, 0.1) is 0 Å². The van der Waals surface area contributed by atoms with Crippen LogP contribution in [0.5, 0.6) is 0 Å². The fourth-order valence-electron chi connectivity index (χ4n) is 3.75. The monoisotopic (exact) mass is 242 g/mol. The molecule has 1 aromatic heterocycles. The summed E-state index contributed by atoms with van der Waals surface area (Å²) in [7, 11) is 2.15. The van der Waals surface area contributed by atoms with Gasteiger partial charge in [0.2, 0.25) is 0 Å². The Morgan fingerprint density at radius 3 is 2.67 bits per heavy atom. The first kappa shape index (κ1) is 11.8. The number of benzene rings is 1. The van der Waals surface area contributed by atoms with Crippen molar-refractivity contribution in [3.63, 3.8) is 0 Å². The lowest BCUT2D eigenvalue weighted by molar-refractivity contribution is 0.414. The number of para-hydroxylation sites is 1. The minimum Gasteiger partial charge on any atom is -0.350 e. The average Bonchev–Trinajstić information content (AvgIpc) is 2.97. The maximum Gasteiger partial charge on any atom is 0.0480 e. The zero-order chi connectivity index (χ0) is 12.6. The molecule has 0 aliphatic heterocycles. The fourth-order valence-corrected chi connectivity index (χ4v) is 3.75. The third-order valence-corrected chi connectivity index (χ3v) is 4.65. The van der Waals surface area contributed by atoms with Gasteiger partial charge in [0.1, 0.15) is 0 Å². The zero-order valence-corrected chi connectivity index (χ0v) is 11.2. The Morgan fingerprint density at radius 2 is 1.94 bits per heavy atom. The van der Waals surface area contributed by atoms with Crippen molar-refractivity contribution in [2.24, 2.45) is 12.8 Å². The zero-order valence-electron chi connectivity index (χ0n) is 11.2. The van der Waals surface area contributed by atoms with E-state index in [4.69, 9.17) is 5.73 Å². The summed E-state index contributed by atoms with van der Waals surface area (Å²) >= 11 is 0. The first-order chi connectivity index (χ1) is 8.77. The summed E-state index contributed by atoms with van der Waals surface area (Å²) in [6.07, 6.45) is 8.77. The van der Waals surface area contributed by atoms with Gasteiger partial charge >= 0.3 is 0 Å². The molecule has 0 bridgehead atoms. The van der Waals surface area contributed by atoms with Crippen LogP contribution < -0.4 is 5.73 Å². The van der Waals surface area contributed by atoms with E-state index >= 15 is 0 Å². The Bertz CT molecular complexity index is 547. The van der Waals surface area contributed by atoms with E-state index in [0.717, 1.165) is 13.0 Å². The predicted octanol–water partition coefficient (Wildman–Crippen LogP) is 3.34. The molecule has 96 valence electrons. The smallest absolute Gasteiger partial charge is 0.0480 e. The molecule has 2 N–H and O–H groups in total. The summed E-state index contributed by atoms with van der Waals surface area (Å²) in [4.78, 5) is 0. The maximum absolute atomic E-state index is 5.87. The number of hydrogen-bond acceptors (Lipinski definition) is 1. The summed E-state index contributed by atoms with van der Waals surface area (Å²) in [5, 5.41) is 1.43. The molecule has 0 saturated heterocycles. The third-order valence-electron chi connectivity index (χ3n) is 4.65. The van der Waals surface area contributed by atoms with Crippen LogP contribution >= 0.6 is 0 Å². The molecule has 0 radical (unpaired) electrons. The van der Waals surface area contributed by atoms with E-state index < -0.39 is 0 Å². The van der Waals surface area contributed by atoms with Crippen molar-refractivity contribution in [1.29, 1.82) is 0 Å². The first-order valence-electron chi connectivity index (χ1n) is 7.01. The van der Waals surface area contributed by atoms with Gasteiger partial charge in [0.05, 0.1) is 0 Å². The van der Waals surface area contributed by atoms with Crippen LogP contribution in [-0.2, 0) is 12.5 Å². The summed E-state index contributed by atoms with van der Waals surface area (Å²) in [5.74, 6) is 0. The van der Waals surface area contributed by atoms with Gasteiger partial charge in [-0.3, -0.25) is 0 Å². The van der Waals surface area contributed by atoms with Crippen molar-refractivity contribution in [2.75, 3.05) is 6.54 Å². The highest BCUT2D eigenvalue weighted by Crippen LogP contribution is 2.46. The van der Waals surface area contributed by atoms with E-state index in [1.54, 1.807) is 0 Å². The highest BCUT2D eigenvalue weighted by atomic mass is 14.9. The molecular weight excluding hydrogens is 220 g/mol. The van der Waals surface area contributed by atoms with Gasteiger partial charge < -0.3 is 10.3 Å². The van der Waals surface area contributed by atoms with E-state index in [9.17, 15) is 0 Å². The number of fused-ring (bicyclic) bond motifs is 1. The molecule has 2 nitrogen and oxygen atoms in total. The highest BCUT2D eigenvalue weighted by Gasteiger charge is 2.36. The SMILES string of the molecule is Cn1cc(C2(CCN)CCCC2)c2ccccc21. The highest BCUT2D eigenvalue weighted by molar-refractivity contribution is 5.85. The molecule has 1 aromatic carbocycles. The Labute approximate surface area is 109 Å². The van der Waals surface area contributed by atoms with Gasteiger partial charge in [0, 0.05) is 24.1 Å². The largest absolute Gasteiger partial charge is 0.350 e. The molecule has 1 saturated carbocycles. The second kappa shape index (κ2) is 4.43. The van der Waals surface area contributed by atoms with E-state index in [0.29, 0.717) is 5.41 Å². The Morgan fingerprint density at radius 1 is 1.22 bits per heavy atom. The number of aromatic nitrogens is 1. The van der Waals surface area contributed by atoms with Crippen molar-refractivity contribution in [1.82, 2.24) is 4.57 Å². The van der Waals surface area contributed by atoms with Crippen LogP contribution in [0.25, 0.3) is 10.9 Å². The van der Waals surface area contributed by atoms with Gasteiger partial charge in [-0.25, -0.2) is 0 Å². The molecule has 1 aliphatic rings. The molecule has 0 spiro atoms. The van der Waals surface area contributed by atoms with Crippen molar-refractivity contribution < 1.29 is 0 Å². The van der Waals surface area contributed by atoms with Crippen molar-refractivity contribution in [3.8, 4) is 0 Å². The number of hydrogen-bond donors (Lipinski definition) is 1. The van der Waals surface area contributed by atoms with E-state index in [1.807, 2.05) is 0 Å². The Balaban J connectivity index is 2.18. The Kier molecular flexibility index (Phi) is 2.90. The predicted molar refractivity (Wildman–Crippen MR) is 76.7 cm³/mol. The number of nitrogens with zero attached hydrogens (tertiary/aromatic N) is 1. The lowest BCUT2D eigenvalue weighted by Gasteiger charge is -2.28. The van der Waals surface area contributed by atoms with Crippen LogP contribution in [-0.4, -0.2) is 11.1 Å². The van der Waals surface area contributed by atoms with Gasteiger partial charge in [-0.1, -0.05) is 31.0 Å². The lowest BCUT2D eigenvalue weighted by atomic mass is 9.76. The Hall–Kier alpha value is -1.28. The minimum absolute atomic E-state index is 0.343. The van der Waals surface area contributed by atoms with Crippen molar-refractivity contribution >= 4 is 10.9 Å². The quantitative estimate of drug-likeness (QED) is 0.879. The van der Waals surface area contributed by atoms with Crippen LogP contribution in [0.3, 0.4) is 0 Å². The van der Waals surface area contributed by atoms with E-state index in [-0.39, 0.29) is 0 Å². The summed E-state index contributed by atoms with van der Waals surface area (Å²) < 4.78 is 2.27. The van der Waals surface area contributed by atoms with Crippen LogP contribution in [0.15, 0.2) is 30.5 Å². The topological polar surface area (TPSA) is 30.9 Å². The van der Waals surface area contributed by atoms with Crippen LogP contribution in [0.4, 0.5) is 0 Å². The van der Waals surface area contributed by atoms with Crippen LogP contribution in [0.1, 0.15) is 37.7 Å². The lowest BCUT2D eigenvalue weighted by Crippen LogP contribution is -2.25. The van der Waals surface area contributed by atoms with Crippen LogP contribution in [0.2, 0.25) is 0 Å². The van der Waals surface area contributed by atoms with Gasteiger partial charge in [-0.05, 0) is 42.9 Å². The number of nitrogens with two attached hydrogens (primary N) is 1. The molecule has 0 amide bonds. The van der Waals surface area contributed by atoms with Crippen molar-refractivity contribution in [3.05, 3.63) is 36.0 Å². The van der Waals surface area contributed by atoms with Gasteiger partial charge in [0.25, 0.3) is 0 Å². The van der Waals surface area contributed by atoms with Gasteiger partial charge in [-0.15, -0.1) is 0 Å². The first-order valence-corrected chi connectivity index (χ1v) is 7.01. The second-order valence-corrected chi connectivity index (χ2v) is 5.70. The number of aryl methyl sites for hydroxylation is 1. The van der Waals surface area contributed by atoms with E-state index in [2.05, 4.69) is 42.1 Å². The average molecular weight is 242 g/mol. The molecular formula is C16H22N2. The summed E-state index contributed by atoms with van der Waals surface area (Å²) in [5.41, 5.74) is 9.09. The molecule has 1 aliphatic carbocycles. The normalized spacial score (nSPS) is 18.6.